The van der Waals surface area contributed by atoms with Crippen molar-refractivity contribution >= 4 is 36.5 Å². The number of halogens is 2. The van der Waals surface area contributed by atoms with Crippen molar-refractivity contribution in [3.63, 3.8) is 0 Å². The summed E-state index contributed by atoms with van der Waals surface area (Å²) in [7, 11) is 0. The van der Waals surface area contributed by atoms with E-state index in [1.807, 2.05) is 18.2 Å². The van der Waals surface area contributed by atoms with Gasteiger partial charge in [0.15, 0.2) is 0 Å². The highest BCUT2D eigenvalue weighted by Gasteiger charge is 2.17. The summed E-state index contributed by atoms with van der Waals surface area (Å²) in [5.74, 6) is -0.872. The predicted octanol–water partition coefficient (Wildman–Crippen LogP) is 3.55. The van der Waals surface area contributed by atoms with Gasteiger partial charge in [-0.05, 0) is 29.8 Å². The number of piperazine rings is 1. The fraction of sp³-hybridized carbons (Fsp3) is 0.278. The molecule has 24 heavy (non-hydrogen) atoms. The van der Waals surface area contributed by atoms with Gasteiger partial charge in [-0.25, -0.2) is 4.79 Å². The molecule has 2 aromatic rings. The summed E-state index contributed by atoms with van der Waals surface area (Å²) in [5, 5.41) is 8.92. The summed E-state index contributed by atoms with van der Waals surface area (Å²) in [6, 6.07) is 17.7. The van der Waals surface area contributed by atoms with Crippen LogP contribution < -0.4 is 4.90 Å². The lowest BCUT2D eigenvalue weighted by atomic mass is 10.1. The molecule has 1 aliphatic rings. The maximum atomic E-state index is 10.9. The minimum absolute atomic E-state index is 0. The van der Waals surface area contributed by atoms with Crippen LogP contribution in [0.4, 0.5) is 5.69 Å². The highest BCUT2D eigenvalue weighted by atomic mass is 35.5. The summed E-state index contributed by atoms with van der Waals surface area (Å²) < 4.78 is 0. The number of aromatic carboxylic acids is 1. The molecule has 0 saturated carbocycles. The maximum Gasteiger partial charge on any atom is 0.335 e. The Morgan fingerprint density at radius 2 is 1.46 bits per heavy atom. The van der Waals surface area contributed by atoms with Crippen LogP contribution in [0.15, 0.2) is 54.6 Å². The largest absolute Gasteiger partial charge is 0.478 e. The molecule has 1 heterocycles. The van der Waals surface area contributed by atoms with E-state index in [-0.39, 0.29) is 24.8 Å². The molecule has 0 radical (unpaired) electrons. The second-order valence-corrected chi connectivity index (χ2v) is 5.60. The fourth-order valence-corrected chi connectivity index (χ4v) is 2.81. The first-order valence-corrected chi connectivity index (χ1v) is 7.57. The molecule has 1 saturated heterocycles. The summed E-state index contributed by atoms with van der Waals surface area (Å²) in [6.07, 6.45) is 0. The standard InChI is InChI=1S/C18H20N2O2.2ClH/c21-18(22)16-8-6-15(7-9-16)14-19-10-12-20(13-11-19)17-4-2-1-3-5-17;;/h1-9H,10-14H2,(H,21,22);2*1H. The Labute approximate surface area is 154 Å². The number of nitrogens with zero attached hydrogens (tertiary/aromatic N) is 2. The third-order valence-corrected chi connectivity index (χ3v) is 4.10. The molecule has 3 rings (SSSR count). The zero-order chi connectivity index (χ0) is 15.4. The molecule has 0 bridgehead atoms. The van der Waals surface area contributed by atoms with Crippen molar-refractivity contribution in [3.05, 3.63) is 65.7 Å². The number of rotatable bonds is 4. The van der Waals surface area contributed by atoms with Crippen molar-refractivity contribution in [3.8, 4) is 0 Å². The van der Waals surface area contributed by atoms with Crippen molar-refractivity contribution in [2.45, 2.75) is 6.54 Å². The Balaban J connectivity index is 0.00000144. The fourth-order valence-electron chi connectivity index (χ4n) is 2.81. The molecule has 0 aromatic heterocycles. The monoisotopic (exact) mass is 368 g/mol. The Bertz CT molecular complexity index is 627. The summed E-state index contributed by atoms with van der Waals surface area (Å²) in [4.78, 5) is 15.7. The molecule has 0 spiro atoms. The first-order chi connectivity index (χ1) is 10.7. The van der Waals surface area contributed by atoms with Gasteiger partial charge in [-0.3, -0.25) is 4.90 Å². The highest BCUT2D eigenvalue weighted by molar-refractivity contribution is 5.87. The van der Waals surface area contributed by atoms with Gasteiger partial charge in [-0.15, -0.1) is 24.8 Å². The Morgan fingerprint density at radius 1 is 0.875 bits per heavy atom. The zero-order valence-corrected chi connectivity index (χ0v) is 14.9. The molecule has 1 fully saturated rings. The third kappa shape index (κ3) is 5.13. The SMILES string of the molecule is Cl.Cl.O=C(O)c1ccc(CN2CCN(c3ccccc3)CC2)cc1. The molecule has 0 aliphatic carbocycles. The number of para-hydroxylation sites is 1. The molecule has 0 amide bonds. The number of benzene rings is 2. The molecule has 130 valence electrons. The van der Waals surface area contributed by atoms with E-state index in [0.717, 1.165) is 38.3 Å². The molecular formula is C18H22Cl2N2O2. The van der Waals surface area contributed by atoms with E-state index in [0.29, 0.717) is 5.56 Å². The Hall–Kier alpha value is -1.75. The van der Waals surface area contributed by atoms with E-state index < -0.39 is 5.97 Å². The van der Waals surface area contributed by atoms with E-state index in [1.54, 1.807) is 12.1 Å². The lowest BCUT2D eigenvalue weighted by molar-refractivity contribution is 0.0697. The van der Waals surface area contributed by atoms with Crippen LogP contribution in [-0.2, 0) is 6.54 Å². The van der Waals surface area contributed by atoms with Crippen LogP contribution in [0.25, 0.3) is 0 Å². The van der Waals surface area contributed by atoms with Gasteiger partial charge in [-0.2, -0.15) is 0 Å². The van der Waals surface area contributed by atoms with Gasteiger partial charge < -0.3 is 10.0 Å². The smallest absolute Gasteiger partial charge is 0.335 e. The van der Waals surface area contributed by atoms with Gasteiger partial charge in [0, 0.05) is 38.4 Å². The average Bonchev–Trinajstić information content (AvgIpc) is 2.57. The van der Waals surface area contributed by atoms with Gasteiger partial charge in [0.25, 0.3) is 0 Å². The van der Waals surface area contributed by atoms with Gasteiger partial charge in [-0.1, -0.05) is 30.3 Å². The minimum Gasteiger partial charge on any atom is -0.478 e. The van der Waals surface area contributed by atoms with Crippen LogP contribution in [-0.4, -0.2) is 42.2 Å². The van der Waals surface area contributed by atoms with Gasteiger partial charge >= 0.3 is 5.97 Å². The minimum atomic E-state index is -0.872. The molecule has 4 nitrogen and oxygen atoms in total. The Morgan fingerprint density at radius 3 is 2.00 bits per heavy atom. The number of carbonyl (C=O) groups is 1. The van der Waals surface area contributed by atoms with E-state index >= 15 is 0 Å². The van der Waals surface area contributed by atoms with E-state index in [4.69, 9.17) is 5.11 Å². The molecular weight excluding hydrogens is 347 g/mol. The average molecular weight is 369 g/mol. The molecule has 6 heteroatoms. The van der Waals surface area contributed by atoms with Gasteiger partial charge in [0.1, 0.15) is 0 Å². The highest BCUT2D eigenvalue weighted by Crippen LogP contribution is 2.17. The van der Waals surface area contributed by atoms with Crippen LogP contribution in [0.3, 0.4) is 0 Å². The number of anilines is 1. The number of carboxylic acids is 1. The van der Waals surface area contributed by atoms with Crippen molar-refractivity contribution in [2.24, 2.45) is 0 Å². The first kappa shape index (κ1) is 20.3. The predicted molar refractivity (Wildman–Crippen MR) is 102 cm³/mol. The van der Waals surface area contributed by atoms with Crippen molar-refractivity contribution in [1.29, 1.82) is 0 Å². The van der Waals surface area contributed by atoms with Crippen LogP contribution in [0, 0.1) is 0 Å². The number of carboxylic acid groups (broad SMARTS) is 1. The summed E-state index contributed by atoms with van der Waals surface area (Å²) >= 11 is 0. The van der Waals surface area contributed by atoms with Gasteiger partial charge in [0.2, 0.25) is 0 Å². The van der Waals surface area contributed by atoms with Crippen LogP contribution in [0.2, 0.25) is 0 Å². The number of hydrogen-bond acceptors (Lipinski definition) is 3. The number of hydrogen-bond donors (Lipinski definition) is 1. The van der Waals surface area contributed by atoms with E-state index in [2.05, 4.69) is 34.1 Å². The molecule has 0 unspecified atom stereocenters. The molecule has 0 atom stereocenters. The topological polar surface area (TPSA) is 43.8 Å². The zero-order valence-electron chi connectivity index (χ0n) is 13.3. The lowest BCUT2D eigenvalue weighted by Crippen LogP contribution is -2.45. The van der Waals surface area contributed by atoms with E-state index in [1.165, 1.54) is 5.69 Å². The normalized spacial score (nSPS) is 14.4. The van der Waals surface area contributed by atoms with Crippen LogP contribution >= 0.6 is 24.8 Å². The van der Waals surface area contributed by atoms with Crippen molar-refractivity contribution in [1.82, 2.24) is 4.90 Å². The van der Waals surface area contributed by atoms with Crippen LogP contribution in [0.1, 0.15) is 15.9 Å². The van der Waals surface area contributed by atoms with Gasteiger partial charge in [0.05, 0.1) is 5.56 Å². The summed E-state index contributed by atoms with van der Waals surface area (Å²) in [6.45, 7) is 4.97. The second kappa shape index (κ2) is 9.52. The van der Waals surface area contributed by atoms with Crippen molar-refractivity contribution in [2.75, 3.05) is 31.1 Å². The first-order valence-electron chi connectivity index (χ1n) is 7.57. The van der Waals surface area contributed by atoms with Crippen molar-refractivity contribution < 1.29 is 9.90 Å². The Kier molecular flexibility index (Phi) is 8.05. The lowest BCUT2D eigenvalue weighted by Gasteiger charge is -2.36. The quantitative estimate of drug-likeness (QED) is 0.895. The summed E-state index contributed by atoms with van der Waals surface area (Å²) in [5.41, 5.74) is 2.80. The van der Waals surface area contributed by atoms with E-state index in [9.17, 15) is 4.79 Å². The maximum absolute atomic E-state index is 10.9. The molecule has 1 N–H and O–H groups in total. The van der Waals surface area contributed by atoms with Crippen LogP contribution in [0.5, 0.6) is 0 Å². The second-order valence-electron chi connectivity index (χ2n) is 5.60. The third-order valence-electron chi connectivity index (χ3n) is 4.10. The molecule has 1 aliphatic heterocycles. The molecule has 2 aromatic carbocycles.